The van der Waals surface area contributed by atoms with Gasteiger partial charge >= 0.3 is 0 Å². The molecule has 20 heavy (non-hydrogen) atoms. The molecule has 0 saturated heterocycles. The molecule has 110 valence electrons. The zero-order valence-corrected chi connectivity index (χ0v) is 13.0. The molecule has 0 unspecified atom stereocenters. The summed E-state index contributed by atoms with van der Waals surface area (Å²) in [6.45, 7) is 6.33. The summed E-state index contributed by atoms with van der Waals surface area (Å²) < 4.78 is 0. The SMILES string of the molecule is CC1=C2C(=O)C[C@@H]3CCCC[C@H]3C(=O)[C@@H](CC1)C2(C)C. The molecule has 3 rings (SSSR count). The van der Waals surface area contributed by atoms with Gasteiger partial charge in [0.15, 0.2) is 5.78 Å². The second-order valence-corrected chi connectivity index (χ2v) is 7.65. The van der Waals surface area contributed by atoms with Gasteiger partial charge < -0.3 is 0 Å². The van der Waals surface area contributed by atoms with E-state index in [4.69, 9.17) is 0 Å². The molecule has 0 amide bonds. The Morgan fingerprint density at radius 3 is 2.50 bits per heavy atom. The second-order valence-electron chi connectivity index (χ2n) is 7.65. The van der Waals surface area contributed by atoms with E-state index in [0.717, 1.165) is 37.7 Å². The van der Waals surface area contributed by atoms with Crippen molar-refractivity contribution in [3.05, 3.63) is 11.1 Å². The Morgan fingerprint density at radius 1 is 1.05 bits per heavy atom. The van der Waals surface area contributed by atoms with Gasteiger partial charge in [-0.3, -0.25) is 9.59 Å². The highest BCUT2D eigenvalue weighted by molar-refractivity contribution is 6.01. The summed E-state index contributed by atoms with van der Waals surface area (Å²) in [5.41, 5.74) is 1.98. The van der Waals surface area contributed by atoms with Crippen molar-refractivity contribution in [2.75, 3.05) is 0 Å². The molecule has 0 radical (unpaired) electrons. The molecule has 2 saturated carbocycles. The largest absolute Gasteiger partial charge is 0.299 e. The van der Waals surface area contributed by atoms with Crippen molar-refractivity contribution in [2.24, 2.45) is 23.2 Å². The third-order valence-corrected chi connectivity index (χ3v) is 6.09. The quantitative estimate of drug-likeness (QED) is 0.667. The Labute approximate surface area is 122 Å². The molecule has 2 bridgehead atoms. The maximum Gasteiger partial charge on any atom is 0.159 e. The summed E-state index contributed by atoms with van der Waals surface area (Å²) in [5.74, 6) is 1.36. The van der Waals surface area contributed by atoms with Crippen molar-refractivity contribution < 1.29 is 9.59 Å². The predicted octanol–water partition coefficient (Wildman–Crippen LogP) is 4.09. The maximum atomic E-state index is 13.0. The van der Waals surface area contributed by atoms with Crippen LogP contribution in [0.3, 0.4) is 0 Å². The number of carbonyl (C=O) groups excluding carboxylic acids is 2. The van der Waals surface area contributed by atoms with Crippen molar-refractivity contribution in [3.8, 4) is 0 Å². The van der Waals surface area contributed by atoms with Gasteiger partial charge in [-0.05, 0) is 38.5 Å². The fourth-order valence-electron chi connectivity index (χ4n) is 5.09. The van der Waals surface area contributed by atoms with E-state index in [1.54, 1.807) is 0 Å². The first kappa shape index (κ1) is 14.0. The predicted molar refractivity (Wildman–Crippen MR) is 79.3 cm³/mol. The highest BCUT2D eigenvalue weighted by Gasteiger charge is 2.49. The van der Waals surface area contributed by atoms with Crippen LogP contribution >= 0.6 is 0 Å². The van der Waals surface area contributed by atoms with E-state index in [1.165, 1.54) is 12.0 Å². The number of rotatable bonds is 0. The smallest absolute Gasteiger partial charge is 0.159 e. The number of ketones is 2. The van der Waals surface area contributed by atoms with Crippen LogP contribution in [-0.4, -0.2) is 11.6 Å². The third kappa shape index (κ3) is 1.99. The summed E-state index contributed by atoms with van der Waals surface area (Å²) in [4.78, 5) is 25.8. The Morgan fingerprint density at radius 2 is 1.75 bits per heavy atom. The minimum absolute atomic E-state index is 0.0658. The molecule has 0 spiro atoms. The third-order valence-electron chi connectivity index (χ3n) is 6.09. The summed E-state index contributed by atoms with van der Waals surface area (Å²) in [6, 6.07) is 0. The van der Waals surface area contributed by atoms with Crippen LogP contribution in [-0.2, 0) is 9.59 Å². The molecule has 2 fully saturated rings. The van der Waals surface area contributed by atoms with Crippen molar-refractivity contribution in [1.29, 1.82) is 0 Å². The molecule has 2 heteroatoms. The van der Waals surface area contributed by atoms with Gasteiger partial charge in [-0.1, -0.05) is 32.3 Å². The molecule has 0 heterocycles. The van der Waals surface area contributed by atoms with E-state index >= 15 is 0 Å². The Hall–Kier alpha value is -0.920. The fourth-order valence-corrected chi connectivity index (χ4v) is 5.09. The summed E-state index contributed by atoms with van der Waals surface area (Å²) in [5, 5.41) is 0. The molecule has 0 aromatic heterocycles. The van der Waals surface area contributed by atoms with Crippen molar-refractivity contribution >= 4 is 11.6 Å². The van der Waals surface area contributed by atoms with Crippen LogP contribution in [0.5, 0.6) is 0 Å². The van der Waals surface area contributed by atoms with Crippen LogP contribution in [0.2, 0.25) is 0 Å². The minimum Gasteiger partial charge on any atom is -0.299 e. The van der Waals surface area contributed by atoms with Gasteiger partial charge in [0.1, 0.15) is 5.78 Å². The second kappa shape index (κ2) is 4.82. The lowest BCUT2D eigenvalue weighted by atomic mass is 9.56. The van der Waals surface area contributed by atoms with Crippen molar-refractivity contribution in [2.45, 2.75) is 65.7 Å². The van der Waals surface area contributed by atoms with E-state index in [0.29, 0.717) is 23.9 Å². The first-order valence-electron chi connectivity index (χ1n) is 8.20. The number of fused-ring (bicyclic) bond motifs is 3. The molecular formula is C18H26O2. The van der Waals surface area contributed by atoms with E-state index in [2.05, 4.69) is 20.8 Å². The van der Waals surface area contributed by atoms with Crippen molar-refractivity contribution in [1.82, 2.24) is 0 Å². The van der Waals surface area contributed by atoms with Gasteiger partial charge in [0.05, 0.1) is 0 Å². The van der Waals surface area contributed by atoms with Gasteiger partial charge in [-0.25, -0.2) is 0 Å². The topological polar surface area (TPSA) is 34.1 Å². The lowest BCUT2D eigenvalue weighted by Gasteiger charge is -2.46. The Balaban J connectivity index is 2.07. The molecule has 0 aromatic rings. The van der Waals surface area contributed by atoms with Crippen LogP contribution in [0, 0.1) is 23.2 Å². The number of carbonyl (C=O) groups is 2. The van der Waals surface area contributed by atoms with Gasteiger partial charge in [0.25, 0.3) is 0 Å². The normalized spacial score (nSPS) is 37.2. The first-order chi connectivity index (χ1) is 9.43. The lowest BCUT2D eigenvalue weighted by Crippen LogP contribution is -2.46. The van der Waals surface area contributed by atoms with Gasteiger partial charge in [0.2, 0.25) is 0 Å². The molecule has 3 aliphatic carbocycles. The van der Waals surface area contributed by atoms with Crippen LogP contribution in [0.4, 0.5) is 0 Å². The number of Topliss-reactive ketones (excluding diaryl/α,β-unsaturated/α-hetero) is 2. The van der Waals surface area contributed by atoms with Gasteiger partial charge in [-0.15, -0.1) is 0 Å². The molecule has 3 atom stereocenters. The first-order valence-corrected chi connectivity index (χ1v) is 8.20. The lowest BCUT2D eigenvalue weighted by molar-refractivity contribution is -0.136. The van der Waals surface area contributed by atoms with E-state index in [9.17, 15) is 9.59 Å². The Kier molecular flexibility index (Phi) is 3.38. The zero-order chi connectivity index (χ0) is 14.5. The molecular weight excluding hydrogens is 248 g/mol. The average molecular weight is 274 g/mol. The van der Waals surface area contributed by atoms with Crippen molar-refractivity contribution in [3.63, 3.8) is 0 Å². The van der Waals surface area contributed by atoms with Gasteiger partial charge in [0, 0.05) is 29.2 Å². The van der Waals surface area contributed by atoms with E-state index in [-0.39, 0.29) is 17.3 Å². The number of hydrogen-bond donors (Lipinski definition) is 0. The number of hydrogen-bond acceptors (Lipinski definition) is 2. The highest BCUT2D eigenvalue weighted by Crippen LogP contribution is 2.51. The molecule has 2 nitrogen and oxygen atoms in total. The molecule has 0 aromatic carbocycles. The van der Waals surface area contributed by atoms with Gasteiger partial charge in [-0.2, -0.15) is 0 Å². The van der Waals surface area contributed by atoms with Crippen LogP contribution in [0.25, 0.3) is 0 Å². The van der Waals surface area contributed by atoms with Crippen LogP contribution in [0.1, 0.15) is 65.7 Å². The monoisotopic (exact) mass is 274 g/mol. The standard InChI is InChI=1S/C18H26O2/c1-11-8-9-14-17(20)13-7-5-4-6-12(13)10-15(19)16(11)18(14,2)3/h12-14H,4-10H2,1-3H3/t12-,13+,14+/m0/s1. The zero-order valence-electron chi connectivity index (χ0n) is 13.0. The van der Waals surface area contributed by atoms with E-state index in [1.807, 2.05) is 0 Å². The fraction of sp³-hybridized carbons (Fsp3) is 0.778. The molecule has 0 aliphatic heterocycles. The van der Waals surface area contributed by atoms with Crippen LogP contribution < -0.4 is 0 Å². The molecule has 3 aliphatic rings. The molecule has 0 N–H and O–H groups in total. The maximum absolute atomic E-state index is 13.0. The summed E-state index contributed by atoms with van der Waals surface area (Å²) in [7, 11) is 0. The average Bonchev–Trinajstić information content (AvgIpc) is 2.37. The van der Waals surface area contributed by atoms with Crippen LogP contribution in [0.15, 0.2) is 11.1 Å². The number of allylic oxidation sites excluding steroid dienone is 2. The minimum atomic E-state index is -0.251. The summed E-state index contributed by atoms with van der Waals surface area (Å²) in [6.07, 6.45) is 6.92. The summed E-state index contributed by atoms with van der Waals surface area (Å²) >= 11 is 0. The highest BCUT2D eigenvalue weighted by atomic mass is 16.1. The van der Waals surface area contributed by atoms with E-state index < -0.39 is 0 Å². The Bertz CT molecular complexity index is 484.